The zero-order valence-electron chi connectivity index (χ0n) is 12.5. The summed E-state index contributed by atoms with van der Waals surface area (Å²) >= 11 is 0. The number of amides is 1. The first-order chi connectivity index (χ1) is 9.55. The first kappa shape index (κ1) is 16.7. The molecule has 0 aliphatic rings. The minimum Gasteiger partial charge on any atom is -0.458 e. The lowest BCUT2D eigenvalue weighted by molar-refractivity contribution is -0.174. The summed E-state index contributed by atoms with van der Waals surface area (Å²) < 4.78 is 5.07. The molecule has 0 aromatic carbocycles. The molecule has 1 aromatic heterocycles. The molecule has 21 heavy (non-hydrogen) atoms. The number of carbonyl (C=O) groups excluding carboxylic acids is 2. The average Bonchev–Trinajstić information content (AvgIpc) is 2.82. The summed E-state index contributed by atoms with van der Waals surface area (Å²) in [6.07, 6.45) is 1.39. The number of ether oxygens (including phenoxy) is 1. The third-order valence-electron chi connectivity index (χ3n) is 2.49. The van der Waals surface area contributed by atoms with Crippen molar-refractivity contribution in [1.82, 2.24) is 10.3 Å². The molecular weight excluding hydrogens is 274 g/mol. The molecule has 0 unspecified atom stereocenters. The van der Waals surface area contributed by atoms with Crippen LogP contribution in [0.1, 0.15) is 43.7 Å². The van der Waals surface area contributed by atoms with Gasteiger partial charge in [0, 0.05) is 6.20 Å². The van der Waals surface area contributed by atoms with E-state index in [0.29, 0.717) is 5.56 Å². The maximum absolute atomic E-state index is 11.8. The number of esters is 1. The molecule has 1 atom stereocenters. The molecule has 1 heterocycles. The second-order valence-corrected chi connectivity index (χ2v) is 5.87. The van der Waals surface area contributed by atoms with Gasteiger partial charge in [-0.3, -0.25) is 4.79 Å². The van der Waals surface area contributed by atoms with Gasteiger partial charge in [-0.05, 0) is 33.8 Å². The number of rotatable bonds is 4. The third-order valence-corrected chi connectivity index (χ3v) is 2.49. The molecule has 0 saturated carbocycles. The normalized spacial score (nSPS) is 13.9. The molecule has 1 rings (SSSR count). The Labute approximate surface area is 122 Å². The number of H-pyrrole nitrogens is 1. The van der Waals surface area contributed by atoms with Crippen LogP contribution in [0.5, 0.6) is 0 Å². The molecule has 3 N–H and O–H groups in total. The van der Waals surface area contributed by atoms with E-state index in [1.165, 1.54) is 19.2 Å². The molecule has 0 aliphatic heterocycles. The van der Waals surface area contributed by atoms with Gasteiger partial charge in [0.25, 0.3) is 5.91 Å². The number of hydrogen-bond acceptors (Lipinski definition) is 5. The highest BCUT2D eigenvalue weighted by Crippen LogP contribution is 2.14. The molecule has 0 saturated heterocycles. The van der Waals surface area contributed by atoms with Gasteiger partial charge in [0.2, 0.25) is 0 Å². The van der Waals surface area contributed by atoms with E-state index in [9.17, 15) is 14.7 Å². The van der Waals surface area contributed by atoms with Crippen molar-refractivity contribution in [3.63, 3.8) is 0 Å². The largest absolute Gasteiger partial charge is 0.458 e. The van der Waals surface area contributed by atoms with Crippen molar-refractivity contribution in [2.24, 2.45) is 0 Å². The Balaban J connectivity index is 2.62. The highest BCUT2D eigenvalue weighted by atomic mass is 16.6. The lowest BCUT2D eigenvalue weighted by atomic mass is 10.1. The van der Waals surface area contributed by atoms with Crippen molar-refractivity contribution in [3.8, 4) is 6.07 Å². The lowest BCUT2D eigenvalue weighted by Gasteiger charge is -2.27. The van der Waals surface area contributed by atoms with Gasteiger partial charge < -0.3 is 20.1 Å². The van der Waals surface area contributed by atoms with Gasteiger partial charge in [-0.1, -0.05) is 0 Å². The smallest absolute Gasteiger partial charge is 0.340 e. The molecule has 7 nitrogen and oxygen atoms in total. The van der Waals surface area contributed by atoms with Crippen LogP contribution in [0.3, 0.4) is 0 Å². The van der Waals surface area contributed by atoms with Crippen molar-refractivity contribution in [3.05, 3.63) is 23.5 Å². The minimum absolute atomic E-state index is 0.173. The van der Waals surface area contributed by atoms with Crippen molar-refractivity contribution in [1.29, 1.82) is 5.26 Å². The van der Waals surface area contributed by atoms with Crippen molar-refractivity contribution in [2.45, 2.75) is 38.9 Å². The second kappa shape index (κ2) is 5.97. The quantitative estimate of drug-likeness (QED) is 0.707. The zero-order chi connectivity index (χ0) is 16.3. The van der Waals surface area contributed by atoms with Crippen LogP contribution in [0.4, 0.5) is 0 Å². The van der Waals surface area contributed by atoms with Crippen molar-refractivity contribution >= 4 is 11.9 Å². The van der Waals surface area contributed by atoms with E-state index >= 15 is 0 Å². The number of nitrogens with zero attached hydrogens (tertiary/aromatic N) is 1. The maximum atomic E-state index is 11.8. The molecule has 114 valence electrons. The Morgan fingerprint density at radius 1 is 1.43 bits per heavy atom. The number of aromatic amines is 1. The maximum Gasteiger partial charge on any atom is 0.340 e. The van der Waals surface area contributed by atoms with Crippen LogP contribution >= 0.6 is 0 Å². The highest BCUT2D eigenvalue weighted by molar-refractivity contribution is 5.93. The van der Waals surface area contributed by atoms with Gasteiger partial charge in [-0.2, -0.15) is 5.26 Å². The zero-order valence-corrected chi connectivity index (χ0v) is 12.5. The standard InChI is InChI=1S/C14H19N3O4/c1-13(2,3)21-12(19)14(4,20)8-17-11(18)10-5-9(6-15)7-16-10/h5,7,16,20H,8H2,1-4H3,(H,17,18)/t14-/m1/s1. The van der Waals surface area contributed by atoms with Crippen LogP contribution in [-0.2, 0) is 9.53 Å². The lowest BCUT2D eigenvalue weighted by Crippen LogP contribution is -2.49. The van der Waals surface area contributed by atoms with Crippen LogP contribution in [0.15, 0.2) is 12.3 Å². The van der Waals surface area contributed by atoms with E-state index in [4.69, 9.17) is 10.00 Å². The van der Waals surface area contributed by atoms with Gasteiger partial charge in [0.15, 0.2) is 5.60 Å². The van der Waals surface area contributed by atoms with E-state index in [2.05, 4.69) is 10.3 Å². The Morgan fingerprint density at radius 3 is 2.52 bits per heavy atom. The van der Waals surface area contributed by atoms with E-state index in [1.807, 2.05) is 6.07 Å². The van der Waals surface area contributed by atoms with Crippen LogP contribution in [0.2, 0.25) is 0 Å². The first-order valence-corrected chi connectivity index (χ1v) is 6.38. The summed E-state index contributed by atoms with van der Waals surface area (Å²) in [5.74, 6) is -1.35. The summed E-state index contributed by atoms with van der Waals surface area (Å²) in [5, 5.41) is 21.1. The molecular formula is C14H19N3O4. The van der Waals surface area contributed by atoms with Crippen LogP contribution in [-0.4, -0.2) is 39.7 Å². The van der Waals surface area contributed by atoms with E-state index in [-0.39, 0.29) is 12.2 Å². The number of carbonyl (C=O) groups is 2. The fourth-order valence-electron chi connectivity index (χ4n) is 1.40. The summed E-state index contributed by atoms with van der Waals surface area (Å²) in [6.45, 7) is 6.00. The summed E-state index contributed by atoms with van der Waals surface area (Å²) in [4.78, 5) is 26.2. The summed E-state index contributed by atoms with van der Waals surface area (Å²) in [5.41, 5.74) is -2.08. The fraction of sp³-hybridized carbons (Fsp3) is 0.500. The second-order valence-electron chi connectivity index (χ2n) is 5.87. The topological polar surface area (TPSA) is 115 Å². The summed E-state index contributed by atoms with van der Waals surface area (Å²) in [7, 11) is 0. The molecule has 0 radical (unpaired) electrons. The van der Waals surface area contributed by atoms with Crippen molar-refractivity contribution < 1.29 is 19.4 Å². The number of aromatic nitrogens is 1. The monoisotopic (exact) mass is 293 g/mol. The number of hydrogen-bond donors (Lipinski definition) is 3. The van der Waals surface area contributed by atoms with Gasteiger partial charge in [-0.25, -0.2) is 4.79 Å². The minimum atomic E-state index is -1.84. The van der Waals surface area contributed by atoms with Gasteiger partial charge in [0.1, 0.15) is 17.4 Å². The van der Waals surface area contributed by atoms with E-state index in [1.54, 1.807) is 20.8 Å². The Bertz CT molecular complexity index is 576. The average molecular weight is 293 g/mol. The van der Waals surface area contributed by atoms with Gasteiger partial charge >= 0.3 is 5.97 Å². The SMILES string of the molecule is CC(C)(C)OC(=O)[C@](C)(O)CNC(=O)c1cc(C#N)c[nH]1. The predicted octanol–water partition coefficient (Wildman–Crippen LogP) is 0.709. The Morgan fingerprint density at radius 2 is 2.05 bits per heavy atom. The molecule has 0 fully saturated rings. The van der Waals surface area contributed by atoms with Gasteiger partial charge in [-0.15, -0.1) is 0 Å². The highest BCUT2D eigenvalue weighted by Gasteiger charge is 2.35. The molecule has 0 spiro atoms. The first-order valence-electron chi connectivity index (χ1n) is 6.38. The predicted molar refractivity (Wildman–Crippen MR) is 74.3 cm³/mol. The Kier molecular flexibility index (Phi) is 4.76. The Hall–Kier alpha value is -2.33. The van der Waals surface area contributed by atoms with Crippen LogP contribution < -0.4 is 5.32 Å². The van der Waals surface area contributed by atoms with Crippen LogP contribution in [0.25, 0.3) is 0 Å². The van der Waals surface area contributed by atoms with Crippen LogP contribution in [0, 0.1) is 11.3 Å². The van der Waals surface area contributed by atoms with Gasteiger partial charge in [0.05, 0.1) is 12.1 Å². The molecule has 1 amide bonds. The van der Waals surface area contributed by atoms with E-state index < -0.39 is 23.1 Å². The molecule has 1 aromatic rings. The number of nitrogens with one attached hydrogen (secondary N) is 2. The number of nitriles is 1. The van der Waals surface area contributed by atoms with E-state index in [0.717, 1.165) is 0 Å². The number of aliphatic hydroxyl groups is 1. The third kappa shape index (κ3) is 4.93. The summed E-state index contributed by atoms with van der Waals surface area (Å²) in [6, 6.07) is 3.26. The fourth-order valence-corrected chi connectivity index (χ4v) is 1.40. The molecule has 0 bridgehead atoms. The molecule has 0 aliphatic carbocycles. The van der Waals surface area contributed by atoms with Crippen molar-refractivity contribution in [2.75, 3.05) is 6.54 Å². The molecule has 7 heteroatoms.